The van der Waals surface area contributed by atoms with Gasteiger partial charge in [-0.3, -0.25) is 0 Å². The van der Waals surface area contributed by atoms with E-state index in [1.165, 1.54) is 44.0 Å². The predicted octanol–water partition coefficient (Wildman–Crippen LogP) is 9.72. The van der Waals surface area contributed by atoms with Crippen LogP contribution in [-0.2, 0) is 5.41 Å². The van der Waals surface area contributed by atoms with Gasteiger partial charge in [0, 0.05) is 11.1 Å². The molecule has 0 amide bonds. The molecule has 0 aromatic heterocycles. The number of hydrogen-bond acceptors (Lipinski definition) is 0. The Bertz CT molecular complexity index is 1450. The van der Waals surface area contributed by atoms with Crippen molar-refractivity contribution in [2.45, 2.75) is 59.0 Å². The maximum Gasteiger partial charge on any atom is 0.0146 e. The molecule has 39 heavy (non-hydrogen) atoms. The minimum Gasteiger partial charge on any atom is -0.0798 e. The molecule has 1 aliphatic carbocycles. The third kappa shape index (κ3) is 6.03. The fourth-order valence-electron chi connectivity index (χ4n) is 5.51. The van der Waals surface area contributed by atoms with Crippen LogP contribution in [0, 0.1) is 12.3 Å². The van der Waals surface area contributed by atoms with Gasteiger partial charge in [0.15, 0.2) is 0 Å². The van der Waals surface area contributed by atoms with E-state index >= 15 is 0 Å². The van der Waals surface area contributed by atoms with Gasteiger partial charge < -0.3 is 0 Å². The van der Waals surface area contributed by atoms with Gasteiger partial charge in [-0.05, 0) is 65.1 Å². The molecule has 1 aliphatic rings. The highest BCUT2D eigenvalue weighted by Crippen LogP contribution is 2.45. The van der Waals surface area contributed by atoms with Crippen LogP contribution in [0.5, 0.6) is 0 Å². The Balaban J connectivity index is 1.39. The summed E-state index contributed by atoms with van der Waals surface area (Å²) in [4.78, 5) is 0. The molecule has 0 aliphatic heterocycles. The van der Waals surface area contributed by atoms with E-state index in [0.717, 1.165) is 6.42 Å². The second-order valence-corrected chi connectivity index (χ2v) is 14.8. The van der Waals surface area contributed by atoms with Crippen LogP contribution in [0.4, 0.5) is 0 Å². The quantitative estimate of drug-likeness (QED) is 0.219. The van der Waals surface area contributed by atoms with Gasteiger partial charge >= 0.3 is 0 Å². The number of allylic oxidation sites excluding steroid dienone is 4. The Hall–Kier alpha value is -3.21. The molecule has 0 fully saturated rings. The van der Waals surface area contributed by atoms with Gasteiger partial charge in [-0.25, -0.2) is 0 Å². The molecule has 1 heteroatoms. The molecule has 198 valence electrons. The zero-order valence-electron chi connectivity index (χ0n) is 24.3. The molecular weight excluding hydrogens is 487 g/mol. The minimum absolute atomic E-state index is 0.0313. The molecule has 4 aromatic carbocycles. The molecule has 2 atom stereocenters. The highest BCUT2D eigenvalue weighted by atomic mass is 31.1. The van der Waals surface area contributed by atoms with Crippen molar-refractivity contribution in [3.05, 3.63) is 144 Å². The summed E-state index contributed by atoms with van der Waals surface area (Å²) in [5, 5.41) is 2.89. The first-order chi connectivity index (χ1) is 18.6. The van der Waals surface area contributed by atoms with Gasteiger partial charge in [-0.1, -0.05) is 162 Å². The third-order valence-electron chi connectivity index (χ3n) is 8.17. The molecule has 0 radical (unpaired) electrons. The van der Waals surface area contributed by atoms with Crippen LogP contribution in [0.3, 0.4) is 0 Å². The maximum atomic E-state index is 2.47. The van der Waals surface area contributed by atoms with Crippen molar-refractivity contribution in [2.24, 2.45) is 5.41 Å². The summed E-state index contributed by atoms with van der Waals surface area (Å²) in [6.07, 6.45) is 8.42. The van der Waals surface area contributed by atoms with Gasteiger partial charge in [0.05, 0.1) is 0 Å². The summed E-state index contributed by atoms with van der Waals surface area (Å²) in [5.41, 5.74) is 8.66. The number of rotatable bonds is 6. The molecule has 0 spiro atoms. The van der Waals surface area contributed by atoms with Gasteiger partial charge in [0.1, 0.15) is 0 Å². The van der Waals surface area contributed by atoms with Gasteiger partial charge in [-0.2, -0.15) is 0 Å². The van der Waals surface area contributed by atoms with E-state index in [-0.39, 0.29) is 10.8 Å². The summed E-state index contributed by atoms with van der Waals surface area (Å²) in [5.74, 6) is 0. The topological polar surface area (TPSA) is 0 Å². The minimum atomic E-state index is -0.485. The van der Waals surface area contributed by atoms with Crippen molar-refractivity contribution in [3.63, 3.8) is 0 Å². The lowest BCUT2D eigenvalue weighted by Crippen LogP contribution is -2.22. The lowest BCUT2D eigenvalue weighted by atomic mass is 9.77. The fraction of sp³-hybridized carbons (Fsp3) is 0.263. The number of benzene rings is 4. The van der Waals surface area contributed by atoms with E-state index < -0.39 is 7.92 Å². The monoisotopic (exact) mass is 528 g/mol. The lowest BCUT2D eigenvalue weighted by molar-refractivity contribution is 0.512. The fourth-order valence-corrected chi connectivity index (χ4v) is 8.11. The van der Waals surface area contributed by atoms with Crippen LogP contribution < -0.4 is 10.6 Å². The second-order valence-electron chi connectivity index (χ2n) is 12.4. The molecule has 5 rings (SSSR count). The summed E-state index contributed by atoms with van der Waals surface area (Å²) in [7, 11) is -0.485. The Morgan fingerprint density at radius 3 is 1.64 bits per heavy atom. The Kier molecular flexibility index (Phi) is 7.80. The third-order valence-corrected chi connectivity index (χ3v) is 10.9. The summed E-state index contributed by atoms with van der Waals surface area (Å²) in [6, 6.07) is 38.6. The Labute approximate surface area is 237 Å². The summed E-state index contributed by atoms with van der Waals surface area (Å²) >= 11 is 0. The smallest absolute Gasteiger partial charge is 0.0146 e. The Morgan fingerprint density at radius 2 is 1.13 bits per heavy atom. The first-order valence-corrected chi connectivity index (χ1v) is 15.6. The maximum absolute atomic E-state index is 2.47. The van der Waals surface area contributed by atoms with E-state index in [4.69, 9.17) is 0 Å². The molecule has 0 N–H and O–H groups in total. The molecule has 0 saturated carbocycles. The molecule has 2 unspecified atom stereocenters. The van der Waals surface area contributed by atoms with Crippen molar-refractivity contribution in [1.29, 1.82) is 0 Å². The normalized spacial score (nSPS) is 16.6. The van der Waals surface area contributed by atoms with Crippen LogP contribution in [0.2, 0.25) is 0 Å². The van der Waals surface area contributed by atoms with Crippen LogP contribution in [0.25, 0.3) is 11.1 Å². The standard InChI is InChI=1S/C38H41P/c1-28-12-18-32(19-13-28)38(5,6)33-20-14-29(15-21-33)30-16-24-35(25-17-30)39(34-10-8-7-9-11-34)36-26-22-31(23-27-36)37(2,3)4/h7-26,36H,27H2,1-6H3. The molecule has 0 bridgehead atoms. The van der Waals surface area contributed by atoms with Crippen molar-refractivity contribution in [3.8, 4) is 11.1 Å². The molecule has 0 nitrogen and oxygen atoms in total. The highest BCUT2D eigenvalue weighted by Gasteiger charge is 2.26. The van der Waals surface area contributed by atoms with Crippen molar-refractivity contribution in [2.75, 3.05) is 0 Å². The zero-order valence-corrected chi connectivity index (χ0v) is 25.2. The SMILES string of the molecule is Cc1ccc(C(C)(C)c2ccc(-c3ccc(P(c4ccccc4)C4C=CC(C(C)(C)C)=CC4)cc3)cc2)cc1. The van der Waals surface area contributed by atoms with Crippen LogP contribution >= 0.6 is 7.92 Å². The summed E-state index contributed by atoms with van der Waals surface area (Å²) < 4.78 is 0. The van der Waals surface area contributed by atoms with Gasteiger partial charge in [0.25, 0.3) is 0 Å². The van der Waals surface area contributed by atoms with E-state index in [0.29, 0.717) is 5.66 Å². The number of hydrogen-bond donors (Lipinski definition) is 0. The van der Waals surface area contributed by atoms with Crippen LogP contribution in [0.15, 0.2) is 127 Å². The number of aryl methyl sites for hydroxylation is 1. The average molecular weight is 529 g/mol. The van der Waals surface area contributed by atoms with Gasteiger partial charge in [0.2, 0.25) is 0 Å². The van der Waals surface area contributed by atoms with Crippen molar-refractivity contribution in [1.82, 2.24) is 0 Å². The molecular formula is C38H41P. The molecule has 4 aromatic rings. The van der Waals surface area contributed by atoms with Crippen molar-refractivity contribution >= 4 is 18.5 Å². The van der Waals surface area contributed by atoms with Crippen molar-refractivity contribution < 1.29 is 0 Å². The highest BCUT2D eigenvalue weighted by molar-refractivity contribution is 7.73. The van der Waals surface area contributed by atoms with Crippen LogP contribution in [0.1, 0.15) is 57.7 Å². The lowest BCUT2D eigenvalue weighted by Gasteiger charge is -2.30. The van der Waals surface area contributed by atoms with Crippen LogP contribution in [-0.4, -0.2) is 5.66 Å². The van der Waals surface area contributed by atoms with E-state index in [1.807, 2.05) is 0 Å². The largest absolute Gasteiger partial charge is 0.0798 e. The van der Waals surface area contributed by atoms with Gasteiger partial charge in [-0.15, -0.1) is 0 Å². The average Bonchev–Trinajstić information content (AvgIpc) is 2.94. The first kappa shape index (κ1) is 27.4. The molecule has 0 saturated heterocycles. The van der Waals surface area contributed by atoms with E-state index in [9.17, 15) is 0 Å². The predicted molar refractivity (Wildman–Crippen MR) is 173 cm³/mol. The van der Waals surface area contributed by atoms with E-state index in [2.05, 4.69) is 163 Å². The van der Waals surface area contributed by atoms with E-state index in [1.54, 1.807) is 0 Å². The summed E-state index contributed by atoms with van der Waals surface area (Å²) in [6.45, 7) is 13.7. The first-order valence-electron chi connectivity index (χ1n) is 14.1. The zero-order chi connectivity index (χ0) is 27.6. The Morgan fingerprint density at radius 1 is 0.615 bits per heavy atom. The second kappa shape index (κ2) is 11.1. The molecule has 0 heterocycles.